The van der Waals surface area contributed by atoms with E-state index in [1.807, 2.05) is 13.8 Å². The molecule has 0 saturated heterocycles. The molecule has 0 fully saturated rings. The Balaban J connectivity index is 2.87. The van der Waals surface area contributed by atoms with Crippen LogP contribution in [0.2, 0.25) is 0 Å². The van der Waals surface area contributed by atoms with Crippen molar-refractivity contribution < 1.29 is 22.7 Å². The van der Waals surface area contributed by atoms with Crippen molar-refractivity contribution in [1.82, 2.24) is 4.31 Å². The maximum atomic E-state index is 13.3. The lowest BCUT2D eigenvalue weighted by Gasteiger charge is -2.18. The SMILES string of the molecule is CC(C)OCCN(C)S(=O)(=O)c1ccc(F)c(CO)c1. The summed E-state index contributed by atoms with van der Waals surface area (Å²) in [7, 11) is -2.28. The molecule has 0 bridgehead atoms. The predicted octanol–water partition coefficient (Wildman–Crippen LogP) is 1.36. The summed E-state index contributed by atoms with van der Waals surface area (Å²) in [6.45, 7) is 3.66. The van der Waals surface area contributed by atoms with Gasteiger partial charge >= 0.3 is 0 Å². The van der Waals surface area contributed by atoms with Crippen LogP contribution >= 0.6 is 0 Å². The van der Waals surface area contributed by atoms with Crippen molar-refractivity contribution in [2.45, 2.75) is 31.5 Å². The molecule has 0 spiro atoms. The van der Waals surface area contributed by atoms with E-state index in [4.69, 9.17) is 9.84 Å². The normalized spacial score (nSPS) is 12.3. The minimum atomic E-state index is -3.71. The summed E-state index contributed by atoms with van der Waals surface area (Å²) < 4.78 is 44.2. The summed E-state index contributed by atoms with van der Waals surface area (Å²) in [5.74, 6) is -0.628. The van der Waals surface area contributed by atoms with Gasteiger partial charge in [0, 0.05) is 19.2 Å². The summed E-state index contributed by atoms with van der Waals surface area (Å²) in [5.41, 5.74) is -0.0436. The van der Waals surface area contributed by atoms with Crippen molar-refractivity contribution in [3.63, 3.8) is 0 Å². The second-order valence-corrected chi connectivity index (χ2v) is 6.70. The minimum Gasteiger partial charge on any atom is -0.392 e. The van der Waals surface area contributed by atoms with Gasteiger partial charge in [-0.3, -0.25) is 0 Å². The monoisotopic (exact) mass is 305 g/mol. The van der Waals surface area contributed by atoms with Crippen LogP contribution in [0.25, 0.3) is 0 Å². The third-order valence-corrected chi connectivity index (χ3v) is 4.61. The van der Waals surface area contributed by atoms with Gasteiger partial charge < -0.3 is 9.84 Å². The fourth-order valence-electron chi connectivity index (χ4n) is 1.55. The van der Waals surface area contributed by atoms with E-state index in [9.17, 15) is 12.8 Å². The van der Waals surface area contributed by atoms with Crippen LogP contribution in [0.15, 0.2) is 23.1 Å². The molecule has 1 aromatic carbocycles. The van der Waals surface area contributed by atoms with E-state index in [1.54, 1.807) is 0 Å². The molecule has 1 rings (SSSR count). The fraction of sp³-hybridized carbons (Fsp3) is 0.538. The molecule has 1 N–H and O–H groups in total. The van der Waals surface area contributed by atoms with E-state index < -0.39 is 22.4 Å². The predicted molar refractivity (Wildman–Crippen MR) is 73.2 cm³/mol. The molecule has 0 heterocycles. The summed E-state index contributed by atoms with van der Waals surface area (Å²) in [6, 6.07) is 3.37. The van der Waals surface area contributed by atoms with Crippen LogP contribution < -0.4 is 0 Å². The van der Waals surface area contributed by atoms with Crippen molar-refractivity contribution in [1.29, 1.82) is 0 Å². The number of rotatable bonds is 7. The van der Waals surface area contributed by atoms with Gasteiger partial charge in [0.15, 0.2) is 0 Å². The van der Waals surface area contributed by atoms with Crippen molar-refractivity contribution >= 4 is 10.0 Å². The van der Waals surface area contributed by atoms with E-state index in [0.29, 0.717) is 0 Å². The van der Waals surface area contributed by atoms with Crippen molar-refractivity contribution in [3.8, 4) is 0 Å². The van der Waals surface area contributed by atoms with Crippen LogP contribution in [-0.2, 0) is 21.4 Å². The van der Waals surface area contributed by atoms with Crippen LogP contribution in [0.4, 0.5) is 4.39 Å². The number of nitrogens with zero attached hydrogens (tertiary/aromatic N) is 1. The van der Waals surface area contributed by atoms with Crippen LogP contribution in [0.3, 0.4) is 0 Å². The Hall–Kier alpha value is -1.02. The number of hydrogen-bond acceptors (Lipinski definition) is 4. The van der Waals surface area contributed by atoms with Gasteiger partial charge in [-0.1, -0.05) is 0 Å². The highest BCUT2D eigenvalue weighted by Crippen LogP contribution is 2.18. The van der Waals surface area contributed by atoms with Crippen molar-refractivity contribution in [3.05, 3.63) is 29.6 Å². The number of benzene rings is 1. The van der Waals surface area contributed by atoms with Gasteiger partial charge in [0.05, 0.1) is 24.2 Å². The first-order valence-corrected chi connectivity index (χ1v) is 7.70. The molecule has 0 atom stereocenters. The third kappa shape index (κ3) is 4.24. The molecule has 0 unspecified atom stereocenters. The summed E-state index contributed by atoms with van der Waals surface area (Å²) in [4.78, 5) is -0.0463. The Bertz CT molecular complexity index is 545. The number of aliphatic hydroxyl groups excluding tert-OH is 1. The van der Waals surface area contributed by atoms with Crippen molar-refractivity contribution in [2.24, 2.45) is 0 Å². The summed E-state index contributed by atoms with van der Waals surface area (Å²) >= 11 is 0. The van der Waals surface area contributed by atoms with Crippen LogP contribution in [0.5, 0.6) is 0 Å². The van der Waals surface area contributed by atoms with Crippen LogP contribution in [-0.4, -0.2) is 44.1 Å². The molecule has 0 aliphatic carbocycles. The number of sulfonamides is 1. The molecular formula is C13H20FNO4S. The van der Waals surface area contributed by atoms with E-state index in [2.05, 4.69) is 0 Å². The topological polar surface area (TPSA) is 66.8 Å². The molecule has 0 aliphatic heterocycles. The first-order valence-electron chi connectivity index (χ1n) is 6.26. The molecule has 20 heavy (non-hydrogen) atoms. The number of aliphatic hydroxyl groups is 1. The standard InChI is InChI=1S/C13H20FNO4S/c1-10(2)19-7-6-15(3)20(17,18)12-4-5-13(14)11(8-12)9-16/h4-5,8,10,16H,6-7,9H2,1-3H3. The molecular weight excluding hydrogens is 285 g/mol. The van der Waals surface area contributed by atoms with Crippen molar-refractivity contribution in [2.75, 3.05) is 20.2 Å². The van der Waals surface area contributed by atoms with E-state index in [1.165, 1.54) is 13.1 Å². The first-order chi connectivity index (χ1) is 9.28. The highest BCUT2D eigenvalue weighted by Gasteiger charge is 2.21. The minimum absolute atomic E-state index is 0.0258. The van der Waals surface area contributed by atoms with E-state index >= 15 is 0 Å². The Kier molecular flexibility index (Phi) is 6.07. The van der Waals surface area contributed by atoms with Gasteiger partial charge in [0.2, 0.25) is 10.0 Å². The highest BCUT2D eigenvalue weighted by molar-refractivity contribution is 7.89. The van der Waals surface area contributed by atoms with Crippen LogP contribution in [0.1, 0.15) is 19.4 Å². The zero-order chi connectivity index (χ0) is 15.3. The molecule has 7 heteroatoms. The lowest BCUT2D eigenvalue weighted by molar-refractivity contribution is 0.0737. The molecule has 0 aromatic heterocycles. The molecule has 0 radical (unpaired) electrons. The second-order valence-electron chi connectivity index (χ2n) is 4.66. The fourth-order valence-corrected chi connectivity index (χ4v) is 2.76. The molecule has 114 valence electrons. The third-order valence-electron chi connectivity index (χ3n) is 2.75. The lowest BCUT2D eigenvalue weighted by atomic mass is 10.2. The van der Waals surface area contributed by atoms with Crippen LogP contribution in [0, 0.1) is 5.82 Å². The van der Waals surface area contributed by atoms with Gasteiger partial charge in [-0.25, -0.2) is 12.8 Å². The summed E-state index contributed by atoms with van der Waals surface area (Å²) in [6.07, 6.45) is 0.0258. The molecule has 0 amide bonds. The zero-order valence-electron chi connectivity index (χ0n) is 11.8. The smallest absolute Gasteiger partial charge is 0.242 e. The van der Waals surface area contributed by atoms with E-state index in [-0.39, 0.29) is 29.7 Å². The van der Waals surface area contributed by atoms with Gasteiger partial charge in [0.1, 0.15) is 5.82 Å². The first kappa shape index (κ1) is 17.0. The number of likely N-dealkylation sites (N-methyl/N-ethyl adjacent to an activating group) is 1. The number of hydrogen-bond donors (Lipinski definition) is 1. The lowest BCUT2D eigenvalue weighted by Crippen LogP contribution is -2.31. The average molecular weight is 305 g/mol. The number of ether oxygens (including phenoxy) is 1. The van der Waals surface area contributed by atoms with E-state index in [0.717, 1.165) is 16.4 Å². The molecule has 0 saturated carbocycles. The quantitative estimate of drug-likeness (QED) is 0.826. The maximum Gasteiger partial charge on any atom is 0.242 e. The number of halogens is 1. The van der Waals surface area contributed by atoms with Gasteiger partial charge in [-0.2, -0.15) is 4.31 Å². The Morgan fingerprint density at radius 3 is 2.60 bits per heavy atom. The summed E-state index contributed by atoms with van der Waals surface area (Å²) in [5, 5.41) is 8.98. The average Bonchev–Trinajstić information content (AvgIpc) is 2.38. The Morgan fingerprint density at radius 1 is 1.40 bits per heavy atom. The molecule has 5 nitrogen and oxygen atoms in total. The Labute approximate surface area is 119 Å². The second kappa shape index (κ2) is 7.12. The van der Waals surface area contributed by atoms with Gasteiger partial charge in [-0.15, -0.1) is 0 Å². The molecule has 1 aromatic rings. The highest BCUT2D eigenvalue weighted by atomic mass is 32.2. The molecule has 0 aliphatic rings. The van der Waals surface area contributed by atoms with Gasteiger partial charge in [-0.05, 0) is 32.0 Å². The largest absolute Gasteiger partial charge is 0.392 e. The Morgan fingerprint density at radius 2 is 2.05 bits per heavy atom. The zero-order valence-corrected chi connectivity index (χ0v) is 12.7. The van der Waals surface area contributed by atoms with Gasteiger partial charge in [0.25, 0.3) is 0 Å². The maximum absolute atomic E-state index is 13.3.